The monoisotopic (exact) mass is 233 g/mol. The first-order valence-electron chi connectivity index (χ1n) is 4.56. The molecule has 0 saturated carbocycles. The highest BCUT2D eigenvalue weighted by molar-refractivity contribution is 5.27. The van der Waals surface area contributed by atoms with E-state index in [0.29, 0.717) is 11.8 Å². The fraction of sp³-hybridized carbons (Fsp3) is 0. The molecule has 6 heteroatoms. The summed E-state index contributed by atoms with van der Waals surface area (Å²) in [6.07, 6.45) is 0.709. The van der Waals surface area contributed by atoms with E-state index in [2.05, 4.69) is 0 Å². The molecule has 2 N–H and O–H groups in total. The molecule has 0 aliphatic heterocycles. The summed E-state index contributed by atoms with van der Waals surface area (Å²) < 4.78 is 12.0. The third-order valence-corrected chi connectivity index (χ3v) is 1.68. The Morgan fingerprint density at radius 2 is 1.82 bits per heavy atom. The van der Waals surface area contributed by atoms with E-state index in [4.69, 9.17) is 5.26 Å². The SMILES string of the molecule is N#Cc1ccccc1.O=c1[nH]cc(F)c(=O)[nH]1. The second-order valence-corrected chi connectivity index (χ2v) is 2.90. The zero-order valence-corrected chi connectivity index (χ0v) is 8.61. The van der Waals surface area contributed by atoms with Crippen molar-refractivity contribution in [2.24, 2.45) is 0 Å². The summed E-state index contributed by atoms with van der Waals surface area (Å²) in [4.78, 5) is 24.0. The van der Waals surface area contributed by atoms with E-state index < -0.39 is 17.1 Å². The number of nitrogens with zero attached hydrogens (tertiary/aromatic N) is 1. The van der Waals surface area contributed by atoms with Crippen LogP contribution in [0, 0.1) is 17.1 Å². The molecule has 0 aliphatic carbocycles. The molecule has 86 valence electrons. The summed E-state index contributed by atoms with van der Waals surface area (Å²) in [5.74, 6) is -0.991. The van der Waals surface area contributed by atoms with Gasteiger partial charge in [0.2, 0.25) is 5.82 Å². The lowest BCUT2D eigenvalue weighted by Crippen LogP contribution is -2.23. The molecule has 2 aromatic rings. The van der Waals surface area contributed by atoms with E-state index in [1.807, 2.05) is 29.3 Å². The Hall–Kier alpha value is -2.68. The summed E-state index contributed by atoms with van der Waals surface area (Å²) in [6.45, 7) is 0. The Bertz CT molecular complexity index is 625. The summed E-state index contributed by atoms with van der Waals surface area (Å²) in [5, 5.41) is 8.29. The summed E-state index contributed by atoms with van der Waals surface area (Å²) in [7, 11) is 0. The van der Waals surface area contributed by atoms with Crippen LogP contribution in [0.3, 0.4) is 0 Å². The number of hydrogen-bond donors (Lipinski definition) is 2. The van der Waals surface area contributed by atoms with E-state index in [0.717, 1.165) is 0 Å². The van der Waals surface area contributed by atoms with Crippen molar-refractivity contribution in [3.63, 3.8) is 0 Å². The average molecular weight is 233 g/mol. The number of benzene rings is 1. The minimum atomic E-state index is -1.00. The van der Waals surface area contributed by atoms with Crippen molar-refractivity contribution < 1.29 is 4.39 Å². The smallest absolute Gasteiger partial charge is 0.311 e. The van der Waals surface area contributed by atoms with E-state index >= 15 is 0 Å². The standard InChI is InChI=1S/C7H5N.C4H3FN2O2/c8-6-7-4-2-1-3-5-7;5-2-1-6-4(9)7-3(2)8/h1-5H;1H,(H2,6,7,8,9). The second kappa shape index (κ2) is 6.02. The third kappa shape index (κ3) is 4.13. The minimum absolute atomic E-state index is 0.707. The van der Waals surface area contributed by atoms with Crippen molar-refractivity contribution in [2.45, 2.75) is 0 Å². The molecular formula is C11H8FN3O2. The van der Waals surface area contributed by atoms with Crippen molar-refractivity contribution >= 4 is 0 Å². The fourth-order valence-corrected chi connectivity index (χ4v) is 0.906. The molecule has 1 aromatic heterocycles. The first kappa shape index (κ1) is 12.4. The molecule has 1 aromatic carbocycles. The number of H-pyrrole nitrogens is 2. The van der Waals surface area contributed by atoms with Gasteiger partial charge in [-0.05, 0) is 12.1 Å². The minimum Gasteiger partial charge on any atom is -0.311 e. The Morgan fingerprint density at radius 3 is 2.24 bits per heavy atom. The van der Waals surface area contributed by atoms with Crippen LogP contribution in [-0.2, 0) is 0 Å². The molecule has 0 aliphatic rings. The number of rotatable bonds is 0. The Balaban J connectivity index is 0.000000171. The molecule has 0 radical (unpaired) electrons. The molecule has 1 heterocycles. The molecule has 0 unspecified atom stereocenters. The predicted molar refractivity (Wildman–Crippen MR) is 58.8 cm³/mol. The number of aromatic amines is 2. The maximum Gasteiger partial charge on any atom is 0.325 e. The molecule has 0 saturated heterocycles. The van der Waals surface area contributed by atoms with Crippen LogP contribution in [-0.4, -0.2) is 9.97 Å². The lowest BCUT2D eigenvalue weighted by Gasteiger charge is -1.81. The molecular weight excluding hydrogens is 225 g/mol. The van der Waals surface area contributed by atoms with Crippen LogP contribution >= 0.6 is 0 Å². The summed E-state index contributed by atoms with van der Waals surface area (Å²) >= 11 is 0. The van der Waals surface area contributed by atoms with Crippen LogP contribution in [0.15, 0.2) is 46.1 Å². The van der Waals surface area contributed by atoms with Crippen molar-refractivity contribution in [1.82, 2.24) is 9.97 Å². The van der Waals surface area contributed by atoms with Gasteiger partial charge >= 0.3 is 5.69 Å². The van der Waals surface area contributed by atoms with Gasteiger partial charge in [0.1, 0.15) is 0 Å². The quantitative estimate of drug-likeness (QED) is 0.703. The van der Waals surface area contributed by atoms with Gasteiger partial charge in [-0.15, -0.1) is 0 Å². The van der Waals surface area contributed by atoms with Gasteiger partial charge in [-0.1, -0.05) is 18.2 Å². The molecule has 17 heavy (non-hydrogen) atoms. The largest absolute Gasteiger partial charge is 0.325 e. The van der Waals surface area contributed by atoms with Gasteiger partial charge in [-0.2, -0.15) is 9.65 Å². The summed E-state index contributed by atoms with van der Waals surface area (Å²) in [5.41, 5.74) is -0.993. The lowest BCUT2D eigenvalue weighted by molar-refractivity contribution is 0.597. The molecule has 0 bridgehead atoms. The fourth-order valence-electron chi connectivity index (χ4n) is 0.906. The lowest BCUT2D eigenvalue weighted by atomic mass is 10.2. The van der Waals surface area contributed by atoms with Crippen molar-refractivity contribution in [3.8, 4) is 6.07 Å². The molecule has 2 rings (SSSR count). The van der Waals surface area contributed by atoms with Gasteiger partial charge in [-0.25, -0.2) is 4.79 Å². The molecule has 0 fully saturated rings. The molecule has 0 spiro atoms. The number of nitrogens with one attached hydrogen (secondary N) is 2. The van der Waals surface area contributed by atoms with Crippen molar-refractivity contribution in [2.75, 3.05) is 0 Å². The predicted octanol–water partition coefficient (Wildman–Crippen LogP) is 0.761. The highest BCUT2D eigenvalue weighted by atomic mass is 19.1. The Kier molecular flexibility index (Phi) is 4.39. The topological polar surface area (TPSA) is 89.5 Å². The molecule has 5 nitrogen and oxygen atoms in total. The van der Waals surface area contributed by atoms with Crippen LogP contribution in [0.1, 0.15) is 5.56 Å². The van der Waals surface area contributed by atoms with E-state index in [1.165, 1.54) is 0 Å². The van der Waals surface area contributed by atoms with Crippen LogP contribution in [0.4, 0.5) is 4.39 Å². The normalized spacial score (nSPS) is 8.71. The first-order chi connectivity index (χ1) is 8.13. The Labute approximate surface area is 95.2 Å². The maximum absolute atomic E-state index is 12.0. The Morgan fingerprint density at radius 1 is 1.18 bits per heavy atom. The van der Waals surface area contributed by atoms with Crippen LogP contribution in [0.2, 0.25) is 0 Å². The molecule has 0 amide bonds. The highest BCUT2D eigenvalue weighted by Gasteiger charge is 1.93. The highest BCUT2D eigenvalue weighted by Crippen LogP contribution is 1.93. The van der Waals surface area contributed by atoms with Gasteiger partial charge in [0.15, 0.2) is 0 Å². The van der Waals surface area contributed by atoms with Crippen LogP contribution in [0.25, 0.3) is 0 Å². The van der Waals surface area contributed by atoms with E-state index in [-0.39, 0.29) is 0 Å². The number of aromatic nitrogens is 2. The number of nitriles is 1. The second-order valence-electron chi connectivity index (χ2n) is 2.90. The van der Waals surface area contributed by atoms with Gasteiger partial charge in [-0.3, -0.25) is 9.78 Å². The van der Waals surface area contributed by atoms with Gasteiger partial charge in [0.25, 0.3) is 5.56 Å². The van der Waals surface area contributed by atoms with Crippen LogP contribution in [0.5, 0.6) is 0 Å². The van der Waals surface area contributed by atoms with Crippen LogP contribution < -0.4 is 11.2 Å². The zero-order valence-electron chi connectivity index (χ0n) is 8.61. The van der Waals surface area contributed by atoms with E-state index in [1.54, 1.807) is 17.1 Å². The first-order valence-corrected chi connectivity index (χ1v) is 4.56. The average Bonchev–Trinajstić information content (AvgIpc) is 2.36. The van der Waals surface area contributed by atoms with Crippen molar-refractivity contribution in [1.29, 1.82) is 5.26 Å². The summed E-state index contributed by atoms with van der Waals surface area (Å²) in [6, 6.07) is 11.2. The number of hydrogen-bond acceptors (Lipinski definition) is 3. The van der Waals surface area contributed by atoms with Gasteiger partial charge in [0, 0.05) is 6.20 Å². The molecule has 0 atom stereocenters. The third-order valence-electron chi connectivity index (χ3n) is 1.68. The van der Waals surface area contributed by atoms with Gasteiger partial charge in [0.05, 0.1) is 11.6 Å². The number of halogens is 1. The zero-order chi connectivity index (χ0) is 12.7. The maximum atomic E-state index is 12.0. The van der Waals surface area contributed by atoms with Crippen molar-refractivity contribution in [3.05, 3.63) is 68.7 Å². The van der Waals surface area contributed by atoms with E-state index in [9.17, 15) is 14.0 Å². The van der Waals surface area contributed by atoms with Gasteiger partial charge < -0.3 is 4.98 Å².